The van der Waals surface area contributed by atoms with Crippen LogP contribution in [-0.4, -0.2) is 19.7 Å². The normalized spacial score (nSPS) is 13.2. The van der Waals surface area contributed by atoms with Crippen LogP contribution in [0, 0.1) is 11.3 Å². The van der Waals surface area contributed by atoms with E-state index in [1.54, 1.807) is 18.0 Å². The fourth-order valence-corrected chi connectivity index (χ4v) is 4.45. The monoisotopic (exact) mass is 409 g/mol. The number of rotatable bonds is 6. The summed E-state index contributed by atoms with van der Waals surface area (Å²) in [4.78, 5) is 4.22. The quantitative estimate of drug-likeness (QED) is 0.393. The van der Waals surface area contributed by atoms with Gasteiger partial charge in [-0.25, -0.2) is 0 Å². The number of hydrogen-bond donors (Lipinski definition) is 0. The predicted molar refractivity (Wildman–Crippen MR) is 118 cm³/mol. The van der Waals surface area contributed by atoms with Gasteiger partial charge >= 0.3 is 0 Å². The van der Waals surface area contributed by atoms with Crippen molar-refractivity contribution in [1.29, 1.82) is 5.26 Å². The van der Waals surface area contributed by atoms with Gasteiger partial charge in [0.2, 0.25) is 0 Å². The lowest BCUT2D eigenvalue weighted by Gasteiger charge is -2.09. The van der Waals surface area contributed by atoms with Crippen LogP contribution < -0.4 is 0 Å². The van der Waals surface area contributed by atoms with Crippen molar-refractivity contribution in [2.75, 3.05) is 0 Å². The van der Waals surface area contributed by atoms with Gasteiger partial charge in [-0.2, -0.15) is 5.26 Å². The van der Waals surface area contributed by atoms with E-state index >= 15 is 0 Å². The molecule has 5 rings (SSSR count). The third kappa shape index (κ3) is 3.72. The molecule has 0 N–H and O–H groups in total. The second-order valence-electron chi connectivity index (χ2n) is 7.29. The Kier molecular flexibility index (Phi) is 5.04. The van der Waals surface area contributed by atoms with E-state index in [0.29, 0.717) is 11.6 Å². The van der Waals surface area contributed by atoms with Gasteiger partial charge in [0.1, 0.15) is 0 Å². The van der Waals surface area contributed by atoms with Crippen molar-refractivity contribution in [3.8, 4) is 28.6 Å². The molecular weight excluding hydrogens is 390 g/mol. The molecule has 146 valence electrons. The van der Waals surface area contributed by atoms with Crippen LogP contribution in [0.1, 0.15) is 30.0 Å². The van der Waals surface area contributed by atoms with E-state index < -0.39 is 0 Å². The first kappa shape index (κ1) is 18.6. The summed E-state index contributed by atoms with van der Waals surface area (Å²) in [5.74, 6) is 1.72. The second kappa shape index (κ2) is 8.13. The maximum atomic E-state index is 9.33. The van der Waals surface area contributed by atoms with Crippen LogP contribution in [0.4, 0.5) is 0 Å². The summed E-state index contributed by atoms with van der Waals surface area (Å²) in [5, 5.41) is 19.2. The highest BCUT2D eigenvalue weighted by atomic mass is 32.2. The maximum absolute atomic E-state index is 9.33. The molecule has 0 bridgehead atoms. The first-order chi connectivity index (χ1) is 14.8. The molecule has 0 saturated heterocycles. The van der Waals surface area contributed by atoms with Crippen molar-refractivity contribution in [1.82, 2.24) is 19.7 Å². The van der Waals surface area contributed by atoms with Gasteiger partial charge in [-0.3, -0.25) is 9.55 Å². The van der Waals surface area contributed by atoms with Crippen molar-refractivity contribution >= 4 is 11.8 Å². The largest absolute Gasteiger partial charge is 0.299 e. The Labute approximate surface area is 179 Å². The van der Waals surface area contributed by atoms with Crippen molar-refractivity contribution in [2.45, 2.75) is 29.8 Å². The summed E-state index contributed by atoms with van der Waals surface area (Å²) in [5.41, 5.74) is 4.94. The van der Waals surface area contributed by atoms with Crippen LogP contribution in [-0.2, 0) is 5.75 Å². The average molecular weight is 410 g/mol. The first-order valence-corrected chi connectivity index (χ1v) is 10.9. The van der Waals surface area contributed by atoms with E-state index in [9.17, 15) is 5.26 Å². The smallest absolute Gasteiger partial charge is 0.192 e. The summed E-state index contributed by atoms with van der Waals surface area (Å²) in [6, 6.07) is 22.8. The zero-order valence-corrected chi connectivity index (χ0v) is 17.1. The SMILES string of the molecule is N#Cc1ccccc1-c1ccc(CSc2nnc(-c3cccnc3)n2C2CC2)cc1. The van der Waals surface area contributed by atoms with Gasteiger partial charge in [0, 0.05) is 29.8 Å². The number of hydrogen-bond acceptors (Lipinski definition) is 5. The molecule has 2 heterocycles. The molecule has 0 radical (unpaired) electrons. The van der Waals surface area contributed by atoms with Gasteiger partial charge in [0.25, 0.3) is 0 Å². The molecule has 4 aromatic rings. The zero-order valence-electron chi connectivity index (χ0n) is 16.3. The fourth-order valence-electron chi connectivity index (χ4n) is 3.49. The molecule has 0 spiro atoms. The Hall–Kier alpha value is -3.43. The van der Waals surface area contributed by atoms with Gasteiger partial charge in [-0.1, -0.05) is 54.2 Å². The molecule has 2 aromatic heterocycles. The minimum atomic E-state index is 0.488. The van der Waals surface area contributed by atoms with E-state index in [2.05, 4.69) is 50.1 Å². The molecular formula is C24H19N5S. The van der Waals surface area contributed by atoms with Crippen LogP contribution in [0.2, 0.25) is 0 Å². The highest BCUT2D eigenvalue weighted by Gasteiger charge is 2.30. The summed E-state index contributed by atoms with van der Waals surface area (Å²) >= 11 is 1.71. The lowest BCUT2D eigenvalue weighted by Crippen LogP contribution is -2.00. The molecule has 1 aliphatic rings. The number of benzene rings is 2. The second-order valence-corrected chi connectivity index (χ2v) is 8.23. The summed E-state index contributed by atoms with van der Waals surface area (Å²) in [7, 11) is 0. The Morgan fingerprint density at radius 1 is 0.967 bits per heavy atom. The molecule has 0 atom stereocenters. The fraction of sp³-hybridized carbons (Fsp3) is 0.167. The number of nitriles is 1. The van der Waals surface area contributed by atoms with Crippen LogP contribution in [0.15, 0.2) is 78.2 Å². The predicted octanol–water partition coefficient (Wildman–Crippen LogP) is 5.51. The minimum Gasteiger partial charge on any atom is -0.299 e. The molecule has 6 heteroatoms. The highest BCUT2D eigenvalue weighted by Crippen LogP contribution is 2.41. The summed E-state index contributed by atoms with van der Waals surface area (Å²) in [6.07, 6.45) is 5.96. The Balaban J connectivity index is 1.35. The van der Waals surface area contributed by atoms with Crippen LogP contribution in [0.5, 0.6) is 0 Å². The molecule has 1 saturated carbocycles. The van der Waals surface area contributed by atoms with Gasteiger partial charge in [-0.15, -0.1) is 10.2 Å². The van der Waals surface area contributed by atoms with E-state index in [1.165, 1.54) is 18.4 Å². The van der Waals surface area contributed by atoms with E-state index in [1.807, 2.05) is 42.6 Å². The van der Waals surface area contributed by atoms with Crippen molar-refractivity contribution in [2.24, 2.45) is 0 Å². The number of pyridine rings is 1. The van der Waals surface area contributed by atoms with Crippen molar-refractivity contribution in [3.63, 3.8) is 0 Å². The van der Waals surface area contributed by atoms with Crippen LogP contribution in [0.25, 0.3) is 22.5 Å². The van der Waals surface area contributed by atoms with E-state index in [0.717, 1.165) is 33.4 Å². The number of thioether (sulfide) groups is 1. The molecule has 30 heavy (non-hydrogen) atoms. The lowest BCUT2D eigenvalue weighted by molar-refractivity contribution is 0.669. The highest BCUT2D eigenvalue weighted by molar-refractivity contribution is 7.98. The van der Waals surface area contributed by atoms with Gasteiger partial charge in [0.05, 0.1) is 11.6 Å². The van der Waals surface area contributed by atoms with Gasteiger partial charge in [0.15, 0.2) is 11.0 Å². The van der Waals surface area contributed by atoms with Crippen molar-refractivity contribution in [3.05, 3.63) is 84.2 Å². The molecule has 1 fully saturated rings. The van der Waals surface area contributed by atoms with Gasteiger partial charge < -0.3 is 0 Å². The average Bonchev–Trinajstić information content (AvgIpc) is 3.57. The van der Waals surface area contributed by atoms with Gasteiger partial charge in [-0.05, 0) is 47.7 Å². The minimum absolute atomic E-state index is 0.488. The lowest BCUT2D eigenvalue weighted by atomic mass is 10.00. The molecule has 1 aliphatic carbocycles. The Bertz CT molecular complexity index is 1200. The number of aromatic nitrogens is 4. The van der Waals surface area contributed by atoms with E-state index in [4.69, 9.17) is 0 Å². The first-order valence-electron chi connectivity index (χ1n) is 9.90. The summed E-state index contributed by atoms with van der Waals surface area (Å²) < 4.78 is 2.26. The molecule has 0 unspecified atom stereocenters. The molecule has 0 amide bonds. The third-order valence-electron chi connectivity index (χ3n) is 5.18. The molecule has 0 aliphatic heterocycles. The van der Waals surface area contributed by atoms with E-state index in [-0.39, 0.29) is 0 Å². The van der Waals surface area contributed by atoms with Crippen LogP contribution in [0.3, 0.4) is 0 Å². The van der Waals surface area contributed by atoms with Crippen molar-refractivity contribution < 1.29 is 0 Å². The molecule has 5 nitrogen and oxygen atoms in total. The Morgan fingerprint density at radius 2 is 1.80 bits per heavy atom. The molecule has 2 aromatic carbocycles. The zero-order chi connectivity index (χ0) is 20.3. The standard InChI is InChI=1S/C24H19N5S/c25-14-19-4-1-2-6-22(19)18-9-7-17(8-10-18)16-30-24-28-27-23(29(24)21-11-12-21)20-5-3-13-26-15-20/h1-10,13,15,21H,11-12,16H2. The maximum Gasteiger partial charge on any atom is 0.192 e. The number of nitrogens with zero attached hydrogens (tertiary/aromatic N) is 5. The third-order valence-corrected chi connectivity index (χ3v) is 6.19. The Morgan fingerprint density at radius 3 is 2.53 bits per heavy atom. The van der Waals surface area contributed by atoms with Crippen LogP contribution >= 0.6 is 11.8 Å². The topological polar surface area (TPSA) is 67.4 Å². The summed E-state index contributed by atoms with van der Waals surface area (Å²) in [6.45, 7) is 0.